The summed E-state index contributed by atoms with van der Waals surface area (Å²) >= 11 is 0. The van der Waals surface area contributed by atoms with Gasteiger partial charge in [0, 0.05) is 12.5 Å². The molecule has 0 aliphatic carbocycles. The molecule has 0 saturated carbocycles. The Morgan fingerprint density at radius 3 is 1.93 bits per heavy atom. The highest BCUT2D eigenvalue weighted by atomic mass is 19.1. The molecule has 0 aromatic heterocycles. The number of amides is 1. The molecule has 4 rings (SSSR count). The van der Waals surface area contributed by atoms with E-state index >= 15 is 0 Å². The van der Waals surface area contributed by atoms with Gasteiger partial charge < -0.3 is 5.32 Å². The first-order valence-electron chi connectivity index (χ1n) is 10.6. The summed E-state index contributed by atoms with van der Waals surface area (Å²) in [6.07, 6.45) is 1.67. The average Bonchev–Trinajstić information content (AvgIpc) is 2.80. The predicted octanol–water partition coefficient (Wildman–Crippen LogP) is 4.94. The molecule has 1 heterocycles. The van der Waals surface area contributed by atoms with E-state index in [0.29, 0.717) is 0 Å². The van der Waals surface area contributed by atoms with Crippen molar-refractivity contribution in [3.8, 4) is 0 Å². The summed E-state index contributed by atoms with van der Waals surface area (Å²) < 4.78 is 13.1. The molecule has 154 valence electrons. The number of nitrogens with one attached hydrogen (secondary N) is 1. The lowest BCUT2D eigenvalue weighted by Crippen LogP contribution is -2.41. The zero-order valence-electron chi connectivity index (χ0n) is 17.0. The molecule has 3 nitrogen and oxygen atoms in total. The smallest absolute Gasteiger partial charge is 0.223 e. The molecule has 3 aromatic carbocycles. The molecular weight excluding hydrogens is 375 g/mol. The maximum atomic E-state index is 13.1. The Morgan fingerprint density at radius 1 is 0.867 bits per heavy atom. The van der Waals surface area contributed by atoms with Gasteiger partial charge in [0.25, 0.3) is 0 Å². The number of carbonyl (C=O) groups is 1. The third-order valence-corrected chi connectivity index (χ3v) is 5.83. The van der Waals surface area contributed by atoms with E-state index in [1.54, 1.807) is 0 Å². The lowest BCUT2D eigenvalue weighted by Gasteiger charge is -2.32. The van der Waals surface area contributed by atoms with Crippen LogP contribution in [0.15, 0.2) is 84.9 Å². The van der Waals surface area contributed by atoms with Gasteiger partial charge in [-0.1, -0.05) is 72.8 Å². The third-order valence-electron chi connectivity index (χ3n) is 5.83. The third kappa shape index (κ3) is 5.14. The molecule has 1 aliphatic rings. The molecule has 30 heavy (non-hydrogen) atoms. The summed E-state index contributed by atoms with van der Waals surface area (Å²) in [7, 11) is 0. The predicted molar refractivity (Wildman–Crippen MR) is 117 cm³/mol. The van der Waals surface area contributed by atoms with Crippen LogP contribution >= 0.6 is 0 Å². The van der Waals surface area contributed by atoms with Crippen molar-refractivity contribution in [2.45, 2.75) is 25.4 Å². The number of hydrogen-bond donors (Lipinski definition) is 1. The van der Waals surface area contributed by atoms with Crippen molar-refractivity contribution in [1.29, 1.82) is 0 Å². The normalized spacial score (nSPS) is 15.3. The van der Waals surface area contributed by atoms with Gasteiger partial charge >= 0.3 is 0 Å². The molecule has 0 spiro atoms. The summed E-state index contributed by atoms with van der Waals surface area (Å²) in [5, 5.41) is 3.29. The summed E-state index contributed by atoms with van der Waals surface area (Å²) in [6, 6.07) is 26.8. The van der Waals surface area contributed by atoms with Crippen LogP contribution in [0.2, 0.25) is 0 Å². The van der Waals surface area contributed by atoms with E-state index in [2.05, 4.69) is 34.5 Å². The van der Waals surface area contributed by atoms with Gasteiger partial charge in [-0.15, -0.1) is 0 Å². The van der Waals surface area contributed by atoms with Crippen LogP contribution < -0.4 is 5.32 Å². The number of hydrogen-bond acceptors (Lipinski definition) is 2. The van der Waals surface area contributed by atoms with Gasteiger partial charge in [-0.3, -0.25) is 9.69 Å². The van der Waals surface area contributed by atoms with Gasteiger partial charge in [0.1, 0.15) is 5.82 Å². The van der Waals surface area contributed by atoms with Gasteiger partial charge in [-0.25, -0.2) is 4.39 Å². The second-order valence-corrected chi connectivity index (χ2v) is 7.94. The first-order valence-corrected chi connectivity index (χ1v) is 10.6. The van der Waals surface area contributed by atoms with Crippen LogP contribution in [0.5, 0.6) is 0 Å². The number of likely N-dealkylation sites (tertiary alicyclic amines) is 1. The summed E-state index contributed by atoms with van der Waals surface area (Å²) in [5.41, 5.74) is 3.28. The van der Waals surface area contributed by atoms with E-state index in [4.69, 9.17) is 0 Å². The highest BCUT2D eigenvalue weighted by Gasteiger charge is 2.27. The largest absolute Gasteiger partial charge is 0.345 e. The summed E-state index contributed by atoms with van der Waals surface area (Å²) in [5.74, 6) is -0.0703. The molecule has 0 atom stereocenters. The Hall–Kier alpha value is -2.98. The number of nitrogens with zero attached hydrogens (tertiary/aromatic N) is 1. The van der Waals surface area contributed by atoms with Gasteiger partial charge in [-0.2, -0.15) is 0 Å². The van der Waals surface area contributed by atoms with Crippen molar-refractivity contribution in [1.82, 2.24) is 10.2 Å². The van der Waals surface area contributed by atoms with E-state index in [1.807, 2.05) is 48.5 Å². The van der Waals surface area contributed by atoms with Crippen LogP contribution in [-0.4, -0.2) is 23.9 Å². The number of carbonyl (C=O) groups excluding carboxylic acids is 1. The molecule has 0 unspecified atom stereocenters. The molecule has 1 fully saturated rings. The Morgan fingerprint density at radius 2 is 1.40 bits per heavy atom. The molecule has 1 N–H and O–H groups in total. The van der Waals surface area contributed by atoms with Crippen molar-refractivity contribution < 1.29 is 9.18 Å². The van der Waals surface area contributed by atoms with Crippen LogP contribution in [0.3, 0.4) is 0 Å². The highest BCUT2D eigenvalue weighted by Crippen LogP contribution is 2.25. The van der Waals surface area contributed by atoms with Crippen molar-refractivity contribution in [2.24, 2.45) is 5.92 Å². The van der Waals surface area contributed by atoms with Crippen molar-refractivity contribution in [3.05, 3.63) is 107 Å². The van der Waals surface area contributed by atoms with Crippen molar-refractivity contribution in [3.63, 3.8) is 0 Å². The molecule has 0 radical (unpaired) electrons. The first kappa shape index (κ1) is 20.3. The number of rotatable bonds is 6. The number of piperidine rings is 1. The second-order valence-electron chi connectivity index (χ2n) is 7.94. The zero-order valence-corrected chi connectivity index (χ0v) is 17.0. The standard InChI is InChI=1S/C26H27FN2O/c27-24-13-11-20(12-14-24)19-29-17-15-23(16-18-29)26(30)28-25(21-7-3-1-4-8-21)22-9-5-2-6-10-22/h1-14,23,25H,15-19H2,(H,28,30). The maximum absolute atomic E-state index is 13.1. The van der Waals surface area contributed by atoms with Crippen LogP contribution in [0.1, 0.15) is 35.6 Å². The zero-order chi connectivity index (χ0) is 20.8. The Labute approximate surface area is 177 Å². The Kier molecular flexibility index (Phi) is 6.55. The number of benzene rings is 3. The highest BCUT2D eigenvalue weighted by molar-refractivity contribution is 5.79. The molecule has 3 aromatic rings. The average molecular weight is 403 g/mol. The summed E-state index contributed by atoms with van der Waals surface area (Å²) in [4.78, 5) is 15.4. The Bertz CT molecular complexity index is 896. The molecular formula is C26H27FN2O. The Balaban J connectivity index is 1.37. The fourth-order valence-corrected chi connectivity index (χ4v) is 4.11. The lowest BCUT2D eigenvalue weighted by atomic mass is 9.93. The second kappa shape index (κ2) is 9.68. The van der Waals surface area contributed by atoms with E-state index in [9.17, 15) is 9.18 Å². The van der Waals surface area contributed by atoms with Gasteiger partial charge in [0.05, 0.1) is 6.04 Å². The quantitative estimate of drug-likeness (QED) is 0.633. The first-order chi connectivity index (χ1) is 14.7. The van der Waals surface area contributed by atoms with Crippen LogP contribution in [0, 0.1) is 11.7 Å². The topological polar surface area (TPSA) is 32.3 Å². The minimum atomic E-state index is -0.208. The minimum absolute atomic E-state index is 0.0180. The van der Waals surface area contributed by atoms with Crippen LogP contribution in [-0.2, 0) is 11.3 Å². The molecule has 1 saturated heterocycles. The van der Waals surface area contributed by atoms with Gasteiger partial charge in [0.15, 0.2) is 0 Å². The van der Waals surface area contributed by atoms with Crippen molar-refractivity contribution in [2.75, 3.05) is 13.1 Å². The molecule has 4 heteroatoms. The van der Waals surface area contributed by atoms with E-state index in [1.165, 1.54) is 12.1 Å². The van der Waals surface area contributed by atoms with Crippen molar-refractivity contribution >= 4 is 5.91 Å². The number of halogens is 1. The monoisotopic (exact) mass is 402 g/mol. The van der Waals surface area contributed by atoms with E-state index in [-0.39, 0.29) is 23.7 Å². The SMILES string of the molecule is O=C(NC(c1ccccc1)c1ccccc1)C1CCN(Cc2ccc(F)cc2)CC1. The fourth-order valence-electron chi connectivity index (χ4n) is 4.11. The fraction of sp³-hybridized carbons (Fsp3) is 0.269. The van der Waals surface area contributed by atoms with Gasteiger partial charge in [0.2, 0.25) is 5.91 Å². The summed E-state index contributed by atoms with van der Waals surface area (Å²) in [6.45, 7) is 2.54. The lowest BCUT2D eigenvalue weighted by molar-refractivity contribution is -0.127. The van der Waals surface area contributed by atoms with Crippen LogP contribution in [0.4, 0.5) is 4.39 Å². The minimum Gasteiger partial charge on any atom is -0.345 e. The van der Waals surface area contributed by atoms with E-state index in [0.717, 1.165) is 49.2 Å². The van der Waals surface area contributed by atoms with Crippen LogP contribution in [0.25, 0.3) is 0 Å². The maximum Gasteiger partial charge on any atom is 0.223 e. The van der Waals surface area contributed by atoms with Gasteiger partial charge in [-0.05, 0) is 54.8 Å². The molecule has 1 aliphatic heterocycles. The molecule has 0 bridgehead atoms. The van der Waals surface area contributed by atoms with E-state index < -0.39 is 0 Å². The molecule has 1 amide bonds.